The molecule has 0 radical (unpaired) electrons. The molecule has 0 saturated heterocycles. The van der Waals surface area contributed by atoms with Gasteiger partial charge in [0.05, 0.1) is 0 Å². The molecule has 2 aromatic rings. The second kappa shape index (κ2) is 6.04. The third-order valence-corrected chi connectivity index (χ3v) is 3.04. The van der Waals surface area contributed by atoms with E-state index < -0.39 is 0 Å². The summed E-state index contributed by atoms with van der Waals surface area (Å²) < 4.78 is 19.1. The number of rotatable bonds is 4. The van der Waals surface area contributed by atoms with Crippen molar-refractivity contribution < 1.29 is 9.13 Å². The Morgan fingerprint density at radius 1 is 1.26 bits per heavy atom. The zero-order valence-corrected chi connectivity index (χ0v) is 11.3. The Bertz CT molecular complexity index is 572. The van der Waals surface area contributed by atoms with Gasteiger partial charge in [0.1, 0.15) is 18.2 Å². The first-order valence-electron chi connectivity index (χ1n) is 5.99. The number of nitrogens with two attached hydrogens (primary N) is 1. The van der Waals surface area contributed by atoms with Gasteiger partial charge in [-0.1, -0.05) is 29.8 Å². The second-order valence-electron chi connectivity index (χ2n) is 4.35. The highest BCUT2D eigenvalue weighted by Gasteiger charge is 2.10. The number of ether oxygens (including phenoxy) is 1. The number of benzene rings is 2. The van der Waals surface area contributed by atoms with Crippen LogP contribution in [-0.4, -0.2) is 0 Å². The lowest BCUT2D eigenvalue weighted by atomic mass is 10.1. The first-order valence-corrected chi connectivity index (χ1v) is 6.37. The molecule has 0 spiro atoms. The molecular weight excluding hydrogens is 265 g/mol. The maximum atomic E-state index is 13.5. The maximum absolute atomic E-state index is 13.5. The smallest absolute Gasteiger partial charge is 0.129 e. The Hall–Kier alpha value is -1.58. The van der Waals surface area contributed by atoms with E-state index in [9.17, 15) is 4.39 Å². The maximum Gasteiger partial charge on any atom is 0.129 e. The predicted octanol–water partition coefficient (Wildman–Crippen LogP) is 4.08. The Morgan fingerprint density at radius 3 is 2.68 bits per heavy atom. The normalized spacial score (nSPS) is 12.2. The fraction of sp³-hybridized carbons (Fsp3) is 0.200. The molecule has 0 aliphatic rings. The lowest BCUT2D eigenvalue weighted by Crippen LogP contribution is -2.08. The van der Waals surface area contributed by atoms with E-state index in [2.05, 4.69) is 0 Å². The van der Waals surface area contributed by atoms with E-state index in [1.807, 2.05) is 6.92 Å². The van der Waals surface area contributed by atoms with Crippen molar-refractivity contribution in [1.29, 1.82) is 0 Å². The predicted molar refractivity (Wildman–Crippen MR) is 74.8 cm³/mol. The van der Waals surface area contributed by atoms with Crippen LogP contribution in [-0.2, 0) is 6.61 Å². The van der Waals surface area contributed by atoms with Gasteiger partial charge in [0.2, 0.25) is 0 Å². The van der Waals surface area contributed by atoms with E-state index in [0.29, 0.717) is 16.3 Å². The average Bonchev–Trinajstić information content (AvgIpc) is 2.38. The molecule has 0 aromatic heterocycles. The van der Waals surface area contributed by atoms with Crippen LogP contribution < -0.4 is 10.5 Å². The van der Waals surface area contributed by atoms with Gasteiger partial charge in [-0.15, -0.1) is 0 Å². The van der Waals surface area contributed by atoms with Gasteiger partial charge in [-0.25, -0.2) is 4.39 Å². The molecule has 2 rings (SSSR count). The van der Waals surface area contributed by atoms with Crippen molar-refractivity contribution in [2.75, 3.05) is 0 Å². The molecule has 0 fully saturated rings. The van der Waals surface area contributed by atoms with Crippen molar-refractivity contribution in [1.82, 2.24) is 0 Å². The van der Waals surface area contributed by atoms with E-state index in [0.717, 1.165) is 5.56 Å². The molecule has 19 heavy (non-hydrogen) atoms. The summed E-state index contributed by atoms with van der Waals surface area (Å²) >= 11 is 5.93. The zero-order chi connectivity index (χ0) is 13.8. The number of hydrogen-bond acceptors (Lipinski definition) is 2. The van der Waals surface area contributed by atoms with Gasteiger partial charge < -0.3 is 10.5 Å². The van der Waals surface area contributed by atoms with Crippen LogP contribution in [0.5, 0.6) is 5.75 Å². The first kappa shape index (κ1) is 13.8. The van der Waals surface area contributed by atoms with Crippen molar-refractivity contribution in [3.05, 3.63) is 64.4 Å². The van der Waals surface area contributed by atoms with Crippen LogP contribution in [0.25, 0.3) is 0 Å². The molecule has 0 aliphatic heterocycles. The van der Waals surface area contributed by atoms with E-state index in [4.69, 9.17) is 22.1 Å². The largest absolute Gasteiger partial charge is 0.488 e. The molecule has 0 heterocycles. The van der Waals surface area contributed by atoms with Gasteiger partial charge in [-0.3, -0.25) is 0 Å². The summed E-state index contributed by atoms with van der Waals surface area (Å²) in [5.41, 5.74) is 7.19. The van der Waals surface area contributed by atoms with Gasteiger partial charge in [0, 0.05) is 22.2 Å². The third kappa shape index (κ3) is 3.46. The summed E-state index contributed by atoms with van der Waals surface area (Å²) in [6.07, 6.45) is 0. The molecule has 0 aliphatic carbocycles. The molecule has 2 N–H and O–H groups in total. The summed E-state index contributed by atoms with van der Waals surface area (Å²) in [4.78, 5) is 0. The minimum Gasteiger partial charge on any atom is -0.488 e. The number of halogens is 2. The lowest BCUT2D eigenvalue weighted by Gasteiger charge is -2.14. The molecular formula is C15H15ClFNO. The van der Waals surface area contributed by atoms with Crippen LogP contribution in [0, 0.1) is 5.82 Å². The highest BCUT2D eigenvalue weighted by atomic mass is 35.5. The summed E-state index contributed by atoms with van der Waals surface area (Å²) in [7, 11) is 0. The molecule has 0 unspecified atom stereocenters. The van der Waals surface area contributed by atoms with Crippen LogP contribution in [0.4, 0.5) is 4.39 Å². The lowest BCUT2D eigenvalue weighted by molar-refractivity contribution is 0.295. The summed E-state index contributed by atoms with van der Waals surface area (Å²) in [5.74, 6) is 0.349. The molecule has 100 valence electrons. The summed E-state index contributed by atoms with van der Waals surface area (Å²) in [6.45, 7) is 2.01. The van der Waals surface area contributed by atoms with Crippen LogP contribution >= 0.6 is 11.6 Å². The molecule has 4 heteroatoms. The molecule has 0 amide bonds. The quantitative estimate of drug-likeness (QED) is 0.915. The van der Waals surface area contributed by atoms with Crippen molar-refractivity contribution in [3.8, 4) is 5.75 Å². The van der Waals surface area contributed by atoms with Crippen molar-refractivity contribution in [2.24, 2.45) is 5.73 Å². The van der Waals surface area contributed by atoms with Crippen molar-refractivity contribution >= 4 is 11.6 Å². The molecule has 2 aromatic carbocycles. The fourth-order valence-corrected chi connectivity index (χ4v) is 1.96. The average molecular weight is 280 g/mol. The molecule has 2 nitrogen and oxygen atoms in total. The molecule has 0 saturated carbocycles. The minimum atomic E-state index is -0.279. The third-order valence-electron chi connectivity index (χ3n) is 2.80. The van der Waals surface area contributed by atoms with Gasteiger partial charge >= 0.3 is 0 Å². The van der Waals surface area contributed by atoms with Crippen molar-refractivity contribution in [2.45, 2.75) is 19.6 Å². The SMILES string of the molecule is C[C@@H](N)c1cc(Cl)ccc1OCc1ccccc1F. The van der Waals surface area contributed by atoms with Gasteiger partial charge in [0.25, 0.3) is 0 Å². The summed E-state index contributed by atoms with van der Waals surface area (Å²) in [5, 5.41) is 0.602. The zero-order valence-electron chi connectivity index (χ0n) is 10.6. The van der Waals surface area contributed by atoms with E-state index in [1.165, 1.54) is 6.07 Å². The van der Waals surface area contributed by atoms with E-state index >= 15 is 0 Å². The fourth-order valence-electron chi connectivity index (χ4n) is 1.78. The standard InChI is InChI=1S/C15H15ClFNO/c1-10(18)13-8-12(16)6-7-15(13)19-9-11-4-2-3-5-14(11)17/h2-8,10H,9,18H2,1H3/t10-/m1/s1. The molecule has 1 atom stereocenters. The van der Waals surface area contributed by atoms with Crippen LogP contribution in [0.1, 0.15) is 24.1 Å². The Labute approximate surface area is 117 Å². The van der Waals surface area contributed by atoms with E-state index in [1.54, 1.807) is 36.4 Å². The van der Waals surface area contributed by atoms with E-state index in [-0.39, 0.29) is 18.5 Å². The number of hydrogen-bond donors (Lipinski definition) is 1. The van der Waals surface area contributed by atoms with Gasteiger partial charge in [-0.2, -0.15) is 0 Å². The van der Waals surface area contributed by atoms with Gasteiger partial charge in [-0.05, 0) is 31.2 Å². The highest BCUT2D eigenvalue weighted by molar-refractivity contribution is 6.30. The Morgan fingerprint density at radius 2 is 2.00 bits per heavy atom. The summed E-state index contributed by atoms with van der Waals surface area (Å²) in [6, 6.07) is 11.6. The monoisotopic (exact) mass is 279 g/mol. The van der Waals surface area contributed by atoms with Crippen molar-refractivity contribution in [3.63, 3.8) is 0 Å². The second-order valence-corrected chi connectivity index (χ2v) is 4.79. The Balaban J connectivity index is 2.18. The van der Waals surface area contributed by atoms with Crippen LogP contribution in [0.3, 0.4) is 0 Å². The van der Waals surface area contributed by atoms with Crippen LogP contribution in [0.2, 0.25) is 5.02 Å². The first-order chi connectivity index (χ1) is 9.08. The Kier molecular flexibility index (Phi) is 4.40. The van der Waals surface area contributed by atoms with Gasteiger partial charge in [0.15, 0.2) is 0 Å². The topological polar surface area (TPSA) is 35.2 Å². The highest BCUT2D eigenvalue weighted by Crippen LogP contribution is 2.28. The van der Waals surface area contributed by atoms with Crippen LogP contribution in [0.15, 0.2) is 42.5 Å². The molecule has 0 bridgehead atoms. The minimum absolute atomic E-state index is 0.161.